The molecule has 1 aromatic heterocycles. The zero-order valence-electron chi connectivity index (χ0n) is 16.4. The summed E-state index contributed by atoms with van der Waals surface area (Å²) in [5.74, 6) is 1.67. The number of nitrogens with zero attached hydrogens (tertiary/aromatic N) is 4. The number of halogens is 1. The van der Waals surface area contributed by atoms with E-state index in [1.54, 1.807) is 6.07 Å². The number of likely N-dealkylation sites (N-methyl/N-ethyl adjacent to an activating group) is 1. The van der Waals surface area contributed by atoms with E-state index in [4.69, 9.17) is 4.98 Å². The van der Waals surface area contributed by atoms with Crippen molar-refractivity contribution in [3.05, 3.63) is 52.9 Å². The van der Waals surface area contributed by atoms with Crippen molar-refractivity contribution >= 4 is 0 Å². The first-order valence-electron chi connectivity index (χ1n) is 10.4. The van der Waals surface area contributed by atoms with Crippen LogP contribution in [0.25, 0.3) is 0 Å². The molecule has 3 atom stereocenters. The molecule has 3 heterocycles. The molecule has 2 aliphatic heterocycles. The summed E-state index contributed by atoms with van der Waals surface area (Å²) in [4.78, 5) is 9.62. The Kier molecular flexibility index (Phi) is 4.32. The average molecular weight is 369 g/mol. The van der Waals surface area contributed by atoms with Crippen LogP contribution in [0.15, 0.2) is 24.4 Å². The third-order valence-corrected chi connectivity index (χ3v) is 6.97. The van der Waals surface area contributed by atoms with Crippen LogP contribution in [0.1, 0.15) is 53.9 Å². The molecule has 0 spiro atoms. The molecule has 0 bridgehead atoms. The highest BCUT2D eigenvalue weighted by molar-refractivity contribution is 5.36. The fraction of sp³-hybridized carbons (Fsp3) is 0.591. The minimum atomic E-state index is -0.0263. The Balaban J connectivity index is 1.46. The van der Waals surface area contributed by atoms with Gasteiger partial charge < -0.3 is 9.47 Å². The summed E-state index contributed by atoms with van der Waals surface area (Å²) in [7, 11) is 4.36. The topological polar surface area (TPSA) is 24.3 Å². The lowest BCUT2D eigenvalue weighted by Crippen LogP contribution is -2.35. The van der Waals surface area contributed by atoms with Gasteiger partial charge in [-0.1, -0.05) is 12.1 Å². The molecule has 5 heteroatoms. The second-order valence-electron chi connectivity index (χ2n) is 8.67. The van der Waals surface area contributed by atoms with Gasteiger partial charge in [0.2, 0.25) is 0 Å². The molecule has 0 N–H and O–H groups in total. The van der Waals surface area contributed by atoms with Crippen molar-refractivity contribution < 1.29 is 4.39 Å². The minimum absolute atomic E-state index is 0.0263. The molecule has 0 amide bonds. The summed E-state index contributed by atoms with van der Waals surface area (Å²) in [5, 5.41) is 0. The monoisotopic (exact) mass is 368 g/mol. The van der Waals surface area contributed by atoms with Gasteiger partial charge in [-0.25, -0.2) is 9.37 Å². The summed E-state index contributed by atoms with van der Waals surface area (Å²) in [6.45, 7) is 3.09. The first kappa shape index (κ1) is 17.4. The number of imidazole rings is 1. The van der Waals surface area contributed by atoms with Crippen LogP contribution in [0.5, 0.6) is 0 Å². The molecule has 2 aromatic rings. The van der Waals surface area contributed by atoms with Crippen LogP contribution in [-0.4, -0.2) is 52.6 Å². The van der Waals surface area contributed by atoms with Crippen molar-refractivity contribution in [3.8, 4) is 0 Å². The predicted octanol–water partition coefficient (Wildman–Crippen LogP) is 3.38. The molecule has 1 aliphatic carbocycles. The number of likely N-dealkylation sites (tertiary alicyclic amines) is 1. The zero-order valence-corrected chi connectivity index (χ0v) is 16.4. The molecule has 0 saturated carbocycles. The summed E-state index contributed by atoms with van der Waals surface area (Å²) in [6.07, 6.45) is 7.75. The molecule has 144 valence electrons. The Morgan fingerprint density at radius 1 is 1.15 bits per heavy atom. The number of fused-ring (bicyclic) bond motifs is 2. The number of aromatic nitrogens is 2. The molecular weight excluding hydrogens is 339 g/mol. The van der Waals surface area contributed by atoms with Crippen molar-refractivity contribution in [2.45, 2.75) is 56.7 Å². The van der Waals surface area contributed by atoms with Crippen LogP contribution >= 0.6 is 0 Å². The predicted molar refractivity (Wildman–Crippen MR) is 104 cm³/mol. The third kappa shape index (κ3) is 2.83. The van der Waals surface area contributed by atoms with E-state index in [1.807, 2.05) is 6.07 Å². The summed E-state index contributed by atoms with van der Waals surface area (Å²) in [6, 6.07) is 6.25. The Bertz CT molecular complexity index is 843. The van der Waals surface area contributed by atoms with Gasteiger partial charge in [0.25, 0.3) is 0 Å². The number of aryl methyl sites for hydroxylation is 2. The second-order valence-corrected chi connectivity index (χ2v) is 8.67. The molecule has 1 fully saturated rings. The number of hydrogen-bond donors (Lipinski definition) is 0. The summed E-state index contributed by atoms with van der Waals surface area (Å²) < 4.78 is 17.1. The second kappa shape index (κ2) is 6.71. The van der Waals surface area contributed by atoms with E-state index < -0.39 is 0 Å². The highest BCUT2D eigenvalue weighted by atomic mass is 19.1. The van der Waals surface area contributed by atoms with E-state index >= 15 is 0 Å². The Labute approximate surface area is 161 Å². The van der Waals surface area contributed by atoms with Gasteiger partial charge in [-0.05, 0) is 51.4 Å². The lowest BCUT2D eigenvalue weighted by molar-refractivity contribution is 0.213. The lowest BCUT2D eigenvalue weighted by atomic mass is 9.98. The van der Waals surface area contributed by atoms with Crippen molar-refractivity contribution in [1.29, 1.82) is 0 Å². The zero-order chi connectivity index (χ0) is 18.5. The molecule has 1 unspecified atom stereocenters. The Morgan fingerprint density at radius 2 is 2.04 bits per heavy atom. The maximum Gasteiger partial charge on any atom is 0.128 e. The van der Waals surface area contributed by atoms with Crippen molar-refractivity contribution in [2.24, 2.45) is 0 Å². The van der Waals surface area contributed by atoms with Gasteiger partial charge in [-0.3, -0.25) is 4.90 Å². The third-order valence-electron chi connectivity index (χ3n) is 6.97. The first-order valence-corrected chi connectivity index (χ1v) is 10.4. The van der Waals surface area contributed by atoms with Crippen molar-refractivity contribution in [2.75, 3.05) is 27.2 Å². The maximum absolute atomic E-state index is 14.6. The van der Waals surface area contributed by atoms with Crippen molar-refractivity contribution in [1.82, 2.24) is 19.4 Å². The van der Waals surface area contributed by atoms with Crippen molar-refractivity contribution in [3.63, 3.8) is 0 Å². The molecular formula is C22H29FN4. The molecule has 27 heavy (non-hydrogen) atoms. The van der Waals surface area contributed by atoms with Crippen LogP contribution < -0.4 is 0 Å². The average Bonchev–Trinajstić information content (AvgIpc) is 3.37. The molecule has 1 aromatic carbocycles. The van der Waals surface area contributed by atoms with Gasteiger partial charge in [0.15, 0.2) is 0 Å². The SMILES string of the molecule is CN(C)[C@@H]1CN(C2CCc3cccc(F)c32)C[C@H]1c1cnc2n1CCCC2. The fourth-order valence-electron chi connectivity index (χ4n) is 5.59. The minimum Gasteiger partial charge on any atom is -0.332 e. The van der Waals surface area contributed by atoms with Gasteiger partial charge in [0, 0.05) is 61.5 Å². The highest BCUT2D eigenvalue weighted by Gasteiger charge is 2.42. The molecule has 3 aliphatic rings. The van der Waals surface area contributed by atoms with E-state index in [-0.39, 0.29) is 11.9 Å². The molecule has 4 nitrogen and oxygen atoms in total. The van der Waals surface area contributed by atoms with Crippen LogP contribution in [-0.2, 0) is 19.4 Å². The van der Waals surface area contributed by atoms with E-state index in [0.717, 1.165) is 44.5 Å². The Morgan fingerprint density at radius 3 is 2.89 bits per heavy atom. The fourth-order valence-corrected chi connectivity index (χ4v) is 5.59. The van der Waals surface area contributed by atoms with E-state index in [1.165, 1.54) is 29.9 Å². The summed E-state index contributed by atoms with van der Waals surface area (Å²) >= 11 is 0. The molecule has 5 rings (SSSR count). The van der Waals surface area contributed by atoms with Gasteiger partial charge in [0.1, 0.15) is 11.6 Å². The number of rotatable bonds is 3. The van der Waals surface area contributed by atoms with Crippen LogP contribution in [0.4, 0.5) is 4.39 Å². The molecule has 1 saturated heterocycles. The van der Waals surface area contributed by atoms with E-state index in [2.05, 4.69) is 40.7 Å². The normalized spacial score (nSPS) is 27.9. The van der Waals surface area contributed by atoms with Crippen LogP contribution in [0.2, 0.25) is 0 Å². The van der Waals surface area contributed by atoms with Gasteiger partial charge in [0.05, 0.1) is 0 Å². The lowest BCUT2D eigenvalue weighted by Gasteiger charge is -2.27. The van der Waals surface area contributed by atoms with E-state index in [0.29, 0.717) is 12.0 Å². The molecule has 0 radical (unpaired) electrons. The van der Waals surface area contributed by atoms with Crippen LogP contribution in [0, 0.1) is 5.82 Å². The first-order chi connectivity index (χ1) is 13.1. The quantitative estimate of drug-likeness (QED) is 0.830. The van der Waals surface area contributed by atoms with Gasteiger partial charge >= 0.3 is 0 Å². The van der Waals surface area contributed by atoms with Gasteiger partial charge in [-0.15, -0.1) is 0 Å². The highest BCUT2D eigenvalue weighted by Crippen LogP contribution is 2.42. The van der Waals surface area contributed by atoms with E-state index in [9.17, 15) is 4.39 Å². The largest absolute Gasteiger partial charge is 0.332 e. The number of benzene rings is 1. The maximum atomic E-state index is 14.6. The summed E-state index contributed by atoms with van der Waals surface area (Å²) in [5.41, 5.74) is 3.54. The standard InChI is InChI=1S/C22H29FN4/c1-25(2)20-14-26(18-10-9-15-6-5-7-17(23)22(15)18)13-16(20)19-12-24-21-8-3-4-11-27(19)21/h5-7,12,16,18,20H,3-4,8-11,13-14H2,1-2H3/t16-,18?,20+/m0/s1. The van der Waals surface area contributed by atoms with Gasteiger partial charge in [-0.2, -0.15) is 0 Å². The smallest absolute Gasteiger partial charge is 0.128 e. The number of hydrogen-bond acceptors (Lipinski definition) is 3. The van der Waals surface area contributed by atoms with Crippen LogP contribution in [0.3, 0.4) is 0 Å². The Hall–Kier alpha value is -1.72.